The molecule has 3 aliphatic carbocycles. The maximum absolute atomic E-state index is 13.7. The van der Waals surface area contributed by atoms with Gasteiger partial charge in [-0.25, -0.2) is 0 Å². The van der Waals surface area contributed by atoms with Gasteiger partial charge >= 0.3 is 5.97 Å². The van der Waals surface area contributed by atoms with Crippen molar-refractivity contribution in [1.82, 2.24) is 0 Å². The molecular formula is C22H28O6. The maximum Gasteiger partial charge on any atom is 0.306 e. The summed E-state index contributed by atoms with van der Waals surface area (Å²) in [6, 6.07) is 0. The van der Waals surface area contributed by atoms with Crippen molar-refractivity contribution in [2.24, 2.45) is 34.5 Å². The molecular weight excluding hydrogens is 360 g/mol. The van der Waals surface area contributed by atoms with E-state index in [1.54, 1.807) is 0 Å². The molecule has 1 saturated carbocycles. The van der Waals surface area contributed by atoms with Crippen LogP contribution in [0.25, 0.3) is 0 Å². The molecule has 1 aliphatic heterocycles. The molecule has 152 valence electrons. The smallest absolute Gasteiger partial charge is 0.306 e. The van der Waals surface area contributed by atoms with Gasteiger partial charge < -0.3 is 14.2 Å². The number of esters is 1. The highest BCUT2D eigenvalue weighted by Gasteiger charge is 2.72. The molecule has 6 heteroatoms. The summed E-state index contributed by atoms with van der Waals surface area (Å²) in [6.07, 6.45) is 2.21. The SMILES string of the molecule is COC1=CC(C)[C@@H]2C[C@H]3OC(=O)C[C@H]4C(C)=C(OC)C(=O)[C@@H]([C@@]2(C)C1=O)[C@@]34C. The Hall–Kier alpha value is -2.11. The van der Waals surface area contributed by atoms with Crippen LogP contribution in [-0.4, -0.2) is 37.9 Å². The van der Waals surface area contributed by atoms with E-state index in [2.05, 4.69) is 0 Å². The molecule has 1 saturated heterocycles. The summed E-state index contributed by atoms with van der Waals surface area (Å²) in [5.74, 6) is -0.854. The van der Waals surface area contributed by atoms with Crippen LogP contribution < -0.4 is 0 Å². The van der Waals surface area contributed by atoms with Gasteiger partial charge in [0.15, 0.2) is 11.5 Å². The highest BCUT2D eigenvalue weighted by Crippen LogP contribution is 2.67. The van der Waals surface area contributed by atoms with Crippen molar-refractivity contribution in [2.45, 2.75) is 46.6 Å². The first-order valence-corrected chi connectivity index (χ1v) is 9.91. The normalized spacial score (nSPS) is 45.0. The van der Waals surface area contributed by atoms with Gasteiger partial charge in [-0.3, -0.25) is 14.4 Å². The van der Waals surface area contributed by atoms with Crippen LogP contribution in [0.1, 0.15) is 40.5 Å². The van der Waals surface area contributed by atoms with Gasteiger partial charge in [-0.1, -0.05) is 20.8 Å². The average Bonchev–Trinajstić information content (AvgIpc) is 2.63. The third kappa shape index (κ3) is 2.06. The largest absolute Gasteiger partial charge is 0.493 e. The summed E-state index contributed by atoms with van der Waals surface area (Å²) >= 11 is 0. The number of hydrogen-bond acceptors (Lipinski definition) is 6. The Bertz CT molecular complexity index is 838. The summed E-state index contributed by atoms with van der Waals surface area (Å²) in [4.78, 5) is 39.6. The molecule has 4 rings (SSSR count). The lowest BCUT2D eigenvalue weighted by molar-refractivity contribution is -0.217. The standard InChI is InChI=1S/C22H28O6/c1-10-7-14(26-5)20(25)22(4)12(10)8-15-21(3)13(9-16(23)28-15)11(2)18(27-6)17(24)19(21)22/h7,10,12-13,15,19H,8-9H2,1-6H3/t10?,12-,13-,15+,19+,21+,22-/m0/s1. The molecule has 28 heavy (non-hydrogen) atoms. The van der Waals surface area contributed by atoms with Gasteiger partial charge in [-0.2, -0.15) is 0 Å². The monoisotopic (exact) mass is 388 g/mol. The summed E-state index contributed by atoms with van der Waals surface area (Å²) in [6.45, 7) is 7.80. The van der Waals surface area contributed by atoms with Crippen LogP contribution in [0.2, 0.25) is 0 Å². The van der Waals surface area contributed by atoms with E-state index in [1.165, 1.54) is 14.2 Å². The summed E-state index contributed by atoms with van der Waals surface area (Å²) in [5, 5.41) is 0. The van der Waals surface area contributed by atoms with Crippen molar-refractivity contribution in [3.8, 4) is 0 Å². The number of methoxy groups -OCH3 is 2. The minimum absolute atomic E-state index is 0.0204. The number of carbonyl (C=O) groups is 3. The van der Waals surface area contributed by atoms with E-state index < -0.39 is 22.9 Å². The van der Waals surface area contributed by atoms with E-state index in [1.807, 2.05) is 33.8 Å². The van der Waals surface area contributed by atoms with Gasteiger partial charge in [0, 0.05) is 22.7 Å². The number of Topliss-reactive ketones (excluding diaryl/α,β-unsaturated/α-hetero) is 2. The average molecular weight is 388 g/mol. The van der Waals surface area contributed by atoms with Crippen LogP contribution in [0.4, 0.5) is 0 Å². The van der Waals surface area contributed by atoms with Crippen LogP contribution in [0.15, 0.2) is 23.2 Å². The molecule has 0 bridgehead atoms. The van der Waals surface area contributed by atoms with Crippen molar-refractivity contribution >= 4 is 17.5 Å². The minimum Gasteiger partial charge on any atom is -0.493 e. The fourth-order valence-electron chi connectivity index (χ4n) is 6.81. The predicted octanol–water partition coefficient (Wildman–Crippen LogP) is 2.82. The quantitative estimate of drug-likeness (QED) is 0.677. The molecule has 0 N–H and O–H groups in total. The fraction of sp³-hybridized carbons (Fsp3) is 0.682. The zero-order chi connectivity index (χ0) is 20.6. The molecule has 0 spiro atoms. The Morgan fingerprint density at radius 2 is 1.82 bits per heavy atom. The molecule has 0 aromatic heterocycles. The highest BCUT2D eigenvalue weighted by atomic mass is 16.5. The maximum atomic E-state index is 13.7. The van der Waals surface area contributed by atoms with Gasteiger partial charge in [0.25, 0.3) is 0 Å². The van der Waals surface area contributed by atoms with Gasteiger partial charge in [0.2, 0.25) is 11.6 Å². The molecule has 7 atom stereocenters. The second-order valence-electron chi connectivity index (χ2n) is 9.16. The first kappa shape index (κ1) is 19.2. The Kier molecular flexibility index (Phi) is 4.08. The third-order valence-corrected chi connectivity index (χ3v) is 8.10. The number of fused-ring (bicyclic) bond motifs is 2. The molecule has 6 nitrogen and oxygen atoms in total. The molecule has 0 aromatic carbocycles. The first-order chi connectivity index (χ1) is 13.1. The van der Waals surface area contributed by atoms with E-state index in [0.29, 0.717) is 12.2 Å². The van der Waals surface area contributed by atoms with Crippen LogP contribution in [-0.2, 0) is 28.6 Å². The number of ketones is 2. The third-order valence-electron chi connectivity index (χ3n) is 8.10. The summed E-state index contributed by atoms with van der Waals surface area (Å²) in [7, 11) is 2.97. The van der Waals surface area contributed by atoms with Crippen molar-refractivity contribution < 1.29 is 28.6 Å². The summed E-state index contributed by atoms with van der Waals surface area (Å²) in [5.41, 5.74) is -0.795. The number of allylic oxidation sites excluding steroid dienone is 4. The van der Waals surface area contributed by atoms with E-state index in [4.69, 9.17) is 14.2 Å². The molecule has 1 unspecified atom stereocenters. The van der Waals surface area contributed by atoms with Crippen LogP contribution in [0, 0.1) is 34.5 Å². The van der Waals surface area contributed by atoms with Crippen LogP contribution in [0.3, 0.4) is 0 Å². The Morgan fingerprint density at radius 3 is 2.43 bits per heavy atom. The van der Waals surface area contributed by atoms with Crippen molar-refractivity contribution in [2.75, 3.05) is 14.2 Å². The highest BCUT2D eigenvalue weighted by molar-refractivity contribution is 6.07. The topological polar surface area (TPSA) is 78.9 Å². The zero-order valence-electron chi connectivity index (χ0n) is 17.3. The number of ether oxygens (including phenoxy) is 3. The Balaban J connectivity index is 1.99. The second kappa shape index (κ2) is 5.94. The molecule has 2 fully saturated rings. The zero-order valence-corrected chi connectivity index (χ0v) is 17.3. The van der Waals surface area contributed by atoms with Gasteiger partial charge in [-0.15, -0.1) is 0 Å². The van der Waals surface area contributed by atoms with Gasteiger partial charge in [-0.05, 0) is 36.8 Å². The number of rotatable bonds is 2. The molecule has 1 heterocycles. The van der Waals surface area contributed by atoms with Crippen LogP contribution in [0.5, 0.6) is 0 Å². The number of hydrogen-bond donors (Lipinski definition) is 0. The Morgan fingerprint density at radius 1 is 1.14 bits per heavy atom. The lowest BCUT2D eigenvalue weighted by atomic mass is 9.40. The Labute approximate surface area is 165 Å². The fourth-order valence-corrected chi connectivity index (χ4v) is 6.81. The van der Waals surface area contributed by atoms with Gasteiger partial charge in [0.05, 0.1) is 20.6 Å². The molecule has 0 amide bonds. The number of carbonyl (C=O) groups excluding carboxylic acids is 3. The van der Waals surface area contributed by atoms with E-state index in [9.17, 15) is 14.4 Å². The minimum atomic E-state index is -0.936. The molecule has 4 aliphatic rings. The lowest BCUT2D eigenvalue weighted by Gasteiger charge is -2.64. The van der Waals surface area contributed by atoms with Gasteiger partial charge in [0.1, 0.15) is 6.10 Å². The lowest BCUT2D eigenvalue weighted by Crippen LogP contribution is -2.69. The van der Waals surface area contributed by atoms with E-state index in [0.717, 1.165) is 5.57 Å². The van der Waals surface area contributed by atoms with Crippen molar-refractivity contribution in [3.63, 3.8) is 0 Å². The molecule has 0 radical (unpaired) electrons. The first-order valence-electron chi connectivity index (χ1n) is 9.91. The molecule has 0 aromatic rings. The van der Waals surface area contributed by atoms with E-state index in [-0.39, 0.29) is 47.5 Å². The van der Waals surface area contributed by atoms with Crippen molar-refractivity contribution in [3.05, 3.63) is 23.2 Å². The predicted molar refractivity (Wildman–Crippen MR) is 99.8 cm³/mol. The second-order valence-corrected chi connectivity index (χ2v) is 9.16. The van der Waals surface area contributed by atoms with Crippen LogP contribution >= 0.6 is 0 Å². The summed E-state index contributed by atoms with van der Waals surface area (Å²) < 4.78 is 16.7. The van der Waals surface area contributed by atoms with Crippen molar-refractivity contribution in [1.29, 1.82) is 0 Å². The van der Waals surface area contributed by atoms with E-state index >= 15 is 0 Å².